The molecule has 0 aromatic rings. The van der Waals surface area contributed by atoms with E-state index in [0.29, 0.717) is 6.61 Å². The van der Waals surface area contributed by atoms with Crippen LogP contribution in [0.15, 0.2) is 24.3 Å². The summed E-state index contributed by atoms with van der Waals surface area (Å²) in [4.78, 5) is 10.9. The molecule has 0 N–H and O–H groups in total. The van der Waals surface area contributed by atoms with E-state index in [2.05, 4.69) is 6.08 Å². The Morgan fingerprint density at radius 3 is 3.00 bits per heavy atom. The van der Waals surface area contributed by atoms with Gasteiger partial charge in [-0.3, -0.25) is 0 Å². The third-order valence-electron chi connectivity index (χ3n) is 1.74. The van der Waals surface area contributed by atoms with E-state index in [4.69, 9.17) is 4.74 Å². The zero-order valence-corrected chi connectivity index (χ0v) is 7.16. The van der Waals surface area contributed by atoms with E-state index >= 15 is 0 Å². The largest absolute Gasteiger partial charge is 0.463 e. The minimum atomic E-state index is -0.235. The zero-order valence-electron chi connectivity index (χ0n) is 7.16. The molecule has 0 aromatic heterocycles. The molecule has 0 aromatic carbocycles. The molecule has 0 saturated heterocycles. The van der Waals surface area contributed by atoms with Gasteiger partial charge in [-0.25, -0.2) is 4.79 Å². The number of rotatable bonds is 0. The maximum absolute atomic E-state index is 10.9. The van der Waals surface area contributed by atoms with Crippen molar-refractivity contribution in [1.82, 2.24) is 0 Å². The van der Waals surface area contributed by atoms with Crippen LogP contribution in [-0.4, -0.2) is 12.6 Å². The first-order valence-electron chi connectivity index (χ1n) is 4.39. The fraction of sp³-hybridized carbons (Fsp3) is 0.500. The molecule has 1 aliphatic rings. The van der Waals surface area contributed by atoms with Crippen LogP contribution in [0.3, 0.4) is 0 Å². The van der Waals surface area contributed by atoms with E-state index in [0.717, 1.165) is 19.3 Å². The highest BCUT2D eigenvalue weighted by Gasteiger charge is 1.96. The van der Waals surface area contributed by atoms with Crippen LogP contribution in [-0.2, 0) is 9.53 Å². The Labute approximate surface area is 72.9 Å². The molecular formula is C10H14O2. The number of hydrogen-bond acceptors (Lipinski definition) is 2. The van der Waals surface area contributed by atoms with Gasteiger partial charge in [-0.2, -0.15) is 0 Å². The van der Waals surface area contributed by atoms with Gasteiger partial charge >= 0.3 is 5.97 Å². The number of esters is 1. The molecule has 0 atom stereocenters. The van der Waals surface area contributed by atoms with Crippen molar-refractivity contribution in [2.75, 3.05) is 6.61 Å². The molecule has 66 valence electrons. The lowest BCUT2D eigenvalue weighted by Gasteiger charge is -1.99. The van der Waals surface area contributed by atoms with Crippen LogP contribution in [0.25, 0.3) is 0 Å². The van der Waals surface area contributed by atoms with E-state index < -0.39 is 0 Å². The van der Waals surface area contributed by atoms with Crippen molar-refractivity contribution in [3.8, 4) is 0 Å². The summed E-state index contributed by atoms with van der Waals surface area (Å²) in [6.45, 7) is 0.559. The molecule has 2 nitrogen and oxygen atoms in total. The lowest BCUT2D eigenvalue weighted by atomic mass is 10.2. The van der Waals surface area contributed by atoms with Gasteiger partial charge in [0.15, 0.2) is 0 Å². The van der Waals surface area contributed by atoms with Crippen LogP contribution in [0.5, 0.6) is 0 Å². The third-order valence-corrected chi connectivity index (χ3v) is 1.74. The Hall–Kier alpha value is -1.05. The van der Waals surface area contributed by atoms with E-state index in [-0.39, 0.29) is 5.97 Å². The molecule has 0 radical (unpaired) electrons. The molecule has 1 rings (SSSR count). The van der Waals surface area contributed by atoms with Crippen molar-refractivity contribution in [3.05, 3.63) is 24.3 Å². The molecule has 0 fully saturated rings. The van der Waals surface area contributed by atoms with Crippen molar-refractivity contribution in [2.24, 2.45) is 0 Å². The van der Waals surface area contributed by atoms with Crippen molar-refractivity contribution in [1.29, 1.82) is 0 Å². The minimum Gasteiger partial charge on any atom is -0.463 e. The first-order chi connectivity index (χ1) is 5.89. The highest BCUT2D eigenvalue weighted by molar-refractivity contribution is 5.82. The summed E-state index contributed by atoms with van der Waals surface area (Å²) in [7, 11) is 0. The number of hydrogen-bond donors (Lipinski definition) is 0. The second-order valence-corrected chi connectivity index (χ2v) is 2.80. The standard InChI is InChI=1S/C10H14O2/c11-10-8-6-4-2-1-3-5-7-9-12-10/h2,4,6,8H,1,3,5,7,9H2/b4-2?,8-6+. The average molecular weight is 166 g/mol. The summed E-state index contributed by atoms with van der Waals surface area (Å²) in [5, 5.41) is 0. The molecule has 2 heteroatoms. The molecular weight excluding hydrogens is 152 g/mol. The van der Waals surface area contributed by atoms with E-state index in [1.165, 1.54) is 12.5 Å². The summed E-state index contributed by atoms with van der Waals surface area (Å²) in [6, 6.07) is 0. The number of cyclic esters (lactones) is 1. The van der Waals surface area contributed by atoms with Gasteiger partial charge in [0.2, 0.25) is 0 Å². The van der Waals surface area contributed by atoms with Gasteiger partial charge in [-0.1, -0.05) is 18.2 Å². The molecule has 1 aliphatic heterocycles. The second kappa shape index (κ2) is 5.58. The monoisotopic (exact) mass is 166 g/mol. The molecule has 1 heterocycles. The van der Waals surface area contributed by atoms with Crippen molar-refractivity contribution in [2.45, 2.75) is 25.7 Å². The van der Waals surface area contributed by atoms with Crippen molar-refractivity contribution in [3.63, 3.8) is 0 Å². The quantitative estimate of drug-likeness (QED) is 0.516. The van der Waals surface area contributed by atoms with Crippen LogP contribution >= 0.6 is 0 Å². The molecule has 0 amide bonds. The highest BCUT2D eigenvalue weighted by Crippen LogP contribution is 2.02. The predicted octanol–water partition coefficient (Wildman–Crippen LogP) is 2.22. The third kappa shape index (κ3) is 3.96. The van der Waals surface area contributed by atoms with E-state index in [1.54, 1.807) is 6.08 Å². The molecule has 0 unspecified atom stereocenters. The normalized spacial score (nSPS) is 22.5. The molecule has 0 aliphatic carbocycles. The average Bonchev–Trinajstić information content (AvgIpc) is 2.11. The first kappa shape index (κ1) is 9.04. The van der Waals surface area contributed by atoms with Crippen molar-refractivity contribution >= 4 is 5.97 Å². The Morgan fingerprint density at radius 1 is 1.17 bits per heavy atom. The van der Waals surface area contributed by atoms with Gasteiger partial charge < -0.3 is 4.74 Å². The fourth-order valence-electron chi connectivity index (χ4n) is 1.07. The topological polar surface area (TPSA) is 26.3 Å². The molecule has 0 spiro atoms. The number of ether oxygens (including phenoxy) is 1. The molecule has 0 bridgehead atoms. The molecule has 0 saturated carbocycles. The smallest absolute Gasteiger partial charge is 0.330 e. The summed E-state index contributed by atoms with van der Waals surface area (Å²) < 4.78 is 4.91. The summed E-state index contributed by atoms with van der Waals surface area (Å²) >= 11 is 0. The van der Waals surface area contributed by atoms with Gasteiger partial charge in [0.05, 0.1) is 6.61 Å². The van der Waals surface area contributed by atoms with Crippen LogP contribution in [0.1, 0.15) is 25.7 Å². The van der Waals surface area contributed by atoms with E-state index in [9.17, 15) is 4.79 Å². The lowest BCUT2D eigenvalue weighted by Crippen LogP contribution is -2.01. The Kier molecular flexibility index (Phi) is 4.21. The second-order valence-electron chi connectivity index (χ2n) is 2.80. The SMILES string of the molecule is O=C1/C=C/C=CCCCCCO1. The van der Waals surface area contributed by atoms with E-state index in [1.807, 2.05) is 6.08 Å². The summed E-state index contributed by atoms with van der Waals surface area (Å²) in [5.74, 6) is -0.235. The van der Waals surface area contributed by atoms with Crippen molar-refractivity contribution < 1.29 is 9.53 Å². The summed E-state index contributed by atoms with van der Waals surface area (Å²) in [6.07, 6.45) is 11.6. The number of allylic oxidation sites excluding steroid dienone is 3. The minimum absolute atomic E-state index is 0.235. The number of carbonyl (C=O) groups excluding carboxylic acids is 1. The van der Waals surface area contributed by atoms with Crippen LogP contribution < -0.4 is 0 Å². The Balaban J connectivity index is 2.40. The van der Waals surface area contributed by atoms with Gasteiger partial charge in [-0.15, -0.1) is 0 Å². The van der Waals surface area contributed by atoms with Crippen LogP contribution in [0.4, 0.5) is 0 Å². The summed E-state index contributed by atoms with van der Waals surface area (Å²) in [5.41, 5.74) is 0. The van der Waals surface area contributed by atoms with Gasteiger partial charge in [-0.05, 0) is 25.7 Å². The zero-order chi connectivity index (χ0) is 8.65. The number of carbonyl (C=O) groups is 1. The maximum atomic E-state index is 10.9. The van der Waals surface area contributed by atoms with Gasteiger partial charge in [0, 0.05) is 6.08 Å². The molecule has 12 heavy (non-hydrogen) atoms. The highest BCUT2D eigenvalue weighted by atomic mass is 16.5. The van der Waals surface area contributed by atoms with Gasteiger partial charge in [0.25, 0.3) is 0 Å². The fourth-order valence-corrected chi connectivity index (χ4v) is 1.07. The first-order valence-corrected chi connectivity index (χ1v) is 4.39. The van der Waals surface area contributed by atoms with Gasteiger partial charge in [0.1, 0.15) is 0 Å². The Morgan fingerprint density at radius 2 is 2.08 bits per heavy atom. The Bertz CT molecular complexity index is 192. The van der Waals surface area contributed by atoms with Crippen LogP contribution in [0, 0.1) is 0 Å². The lowest BCUT2D eigenvalue weighted by molar-refractivity contribution is -0.137. The van der Waals surface area contributed by atoms with Crippen LogP contribution in [0.2, 0.25) is 0 Å². The maximum Gasteiger partial charge on any atom is 0.330 e. The predicted molar refractivity (Wildman–Crippen MR) is 47.7 cm³/mol.